The SMILES string of the molecule is Cc1c(N2CCc3ncc(Nc4cccnc4F)cc3C2)nn2cnnc2c1C. The molecule has 0 spiro atoms. The van der Waals surface area contributed by atoms with Crippen LogP contribution in [0, 0.1) is 19.8 Å². The lowest BCUT2D eigenvalue weighted by Crippen LogP contribution is -2.32. The third-order valence-corrected chi connectivity index (χ3v) is 5.34. The van der Waals surface area contributed by atoms with Crippen molar-refractivity contribution < 1.29 is 4.39 Å². The Labute approximate surface area is 166 Å². The molecule has 5 heterocycles. The van der Waals surface area contributed by atoms with Gasteiger partial charge in [-0.05, 0) is 37.6 Å². The molecule has 0 fully saturated rings. The van der Waals surface area contributed by atoms with E-state index in [0.29, 0.717) is 12.2 Å². The van der Waals surface area contributed by atoms with Gasteiger partial charge < -0.3 is 10.2 Å². The van der Waals surface area contributed by atoms with Crippen LogP contribution in [0.25, 0.3) is 5.65 Å². The minimum Gasteiger partial charge on any atom is -0.351 e. The number of nitrogens with zero attached hydrogens (tertiary/aromatic N) is 7. The maximum atomic E-state index is 13.9. The highest BCUT2D eigenvalue weighted by molar-refractivity contribution is 5.62. The number of aryl methyl sites for hydroxylation is 1. The minimum atomic E-state index is -0.538. The second kappa shape index (κ2) is 6.77. The molecule has 8 nitrogen and oxygen atoms in total. The standard InChI is InChI=1S/C20H19FN8/c1-12-13(2)20(27-29-11-24-26-19(12)29)28-7-5-16-14(10-28)8-15(9-23-16)25-17-4-3-6-22-18(17)21/h3-4,6,8-9,11,25H,5,7,10H2,1-2H3. The Kier molecular flexibility index (Phi) is 4.08. The van der Waals surface area contributed by atoms with E-state index in [1.807, 2.05) is 13.0 Å². The van der Waals surface area contributed by atoms with Crippen molar-refractivity contribution in [1.82, 2.24) is 29.8 Å². The predicted octanol–water partition coefficient (Wildman–Crippen LogP) is 2.98. The van der Waals surface area contributed by atoms with Crippen LogP contribution in [0.5, 0.6) is 0 Å². The summed E-state index contributed by atoms with van der Waals surface area (Å²) in [6, 6.07) is 5.36. The van der Waals surface area contributed by atoms with Crippen LogP contribution in [-0.4, -0.2) is 36.3 Å². The molecule has 0 amide bonds. The average Bonchev–Trinajstić information content (AvgIpc) is 3.21. The molecule has 9 heteroatoms. The summed E-state index contributed by atoms with van der Waals surface area (Å²) in [4.78, 5) is 10.5. The highest BCUT2D eigenvalue weighted by Crippen LogP contribution is 2.29. The first-order valence-electron chi connectivity index (χ1n) is 9.37. The maximum Gasteiger partial charge on any atom is 0.236 e. The van der Waals surface area contributed by atoms with Crippen LogP contribution in [-0.2, 0) is 13.0 Å². The Morgan fingerprint density at radius 3 is 2.93 bits per heavy atom. The first-order valence-corrected chi connectivity index (χ1v) is 9.37. The Morgan fingerprint density at radius 1 is 1.17 bits per heavy atom. The molecule has 1 aliphatic heterocycles. The van der Waals surface area contributed by atoms with Crippen molar-refractivity contribution in [2.24, 2.45) is 0 Å². The summed E-state index contributed by atoms with van der Waals surface area (Å²) in [5, 5.41) is 15.9. The first kappa shape index (κ1) is 17.5. The molecule has 1 N–H and O–H groups in total. The number of fused-ring (bicyclic) bond motifs is 2. The molecular weight excluding hydrogens is 371 g/mol. The van der Waals surface area contributed by atoms with Crippen molar-refractivity contribution in [2.75, 3.05) is 16.8 Å². The lowest BCUT2D eigenvalue weighted by molar-refractivity contribution is 0.588. The third kappa shape index (κ3) is 3.04. The number of pyridine rings is 2. The smallest absolute Gasteiger partial charge is 0.236 e. The zero-order valence-corrected chi connectivity index (χ0v) is 16.1. The van der Waals surface area contributed by atoms with Crippen LogP contribution in [0.1, 0.15) is 22.4 Å². The van der Waals surface area contributed by atoms with Gasteiger partial charge in [0, 0.05) is 42.5 Å². The molecular formula is C20H19FN8. The van der Waals surface area contributed by atoms with E-state index in [4.69, 9.17) is 5.10 Å². The van der Waals surface area contributed by atoms with Gasteiger partial charge in [-0.15, -0.1) is 15.3 Å². The number of aromatic nitrogens is 6. The number of hydrogen-bond acceptors (Lipinski definition) is 7. The van der Waals surface area contributed by atoms with E-state index in [2.05, 4.69) is 37.3 Å². The first-order chi connectivity index (χ1) is 14.1. The van der Waals surface area contributed by atoms with Crippen LogP contribution in [0.2, 0.25) is 0 Å². The summed E-state index contributed by atoms with van der Waals surface area (Å²) in [5.74, 6) is 0.376. The third-order valence-electron chi connectivity index (χ3n) is 5.34. The lowest BCUT2D eigenvalue weighted by Gasteiger charge is -2.30. The molecule has 0 unspecified atom stereocenters. The number of halogens is 1. The van der Waals surface area contributed by atoms with Gasteiger partial charge >= 0.3 is 0 Å². The van der Waals surface area contributed by atoms with Gasteiger partial charge in [-0.2, -0.15) is 8.91 Å². The molecule has 0 bridgehead atoms. The second-order valence-corrected chi connectivity index (χ2v) is 7.14. The van der Waals surface area contributed by atoms with Gasteiger partial charge in [-0.3, -0.25) is 4.98 Å². The zero-order chi connectivity index (χ0) is 20.0. The van der Waals surface area contributed by atoms with Gasteiger partial charge in [0.2, 0.25) is 5.95 Å². The van der Waals surface area contributed by atoms with E-state index < -0.39 is 5.95 Å². The molecule has 0 aromatic carbocycles. The van der Waals surface area contributed by atoms with Crippen LogP contribution < -0.4 is 10.2 Å². The molecule has 5 rings (SSSR count). The summed E-state index contributed by atoms with van der Waals surface area (Å²) >= 11 is 0. The van der Waals surface area contributed by atoms with Gasteiger partial charge in [-0.25, -0.2) is 4.98 Å². The highest BCUT2D eigenvalue weighted by Gasteiger charge is 2.22. The fourth-order valence-corrected chi connectivity index (χ4v) is 3.67. The average molecular weight is 390 g/mol. The van der Waals surface area contributed by atoms with Crippen LogP contribution in [0.4, 0.5) is 21.6 Å². The fraction of sp³-hybridized carbons (Fsp3) is 0.250. The van der Waals surface area contributed by atoms with Crippen LogP contribution in [0.15, 0.2) is 36.9 Å². The summed E-state index contributed by atoms with van der Waals surface area (Å²) in [7, 11) is 0. The van der Waals surface area contributed by atoms with Crippen molar-refractivity contribution in [3.8, 4) is 0 Å². The minimum absolute atomic E-state index is 0.327. The monoisotopic (exact) mass is 390 g/mol. The summed E-state index contributed by atoms with van der Waals surface area (Å²) in [5.41, 5.74) is 6.13. The molecule has 4 aromatic heterocycles. The van der Waals surface area contributed by atoms with Crippen molar-refractivity contribution in [3.05, 3.63) is 65.3 Å². The quantitative estimate of drug-likeness (QED) is 0.538. The summed E-state index contributed by atoms with van der Waals surface area (Å²) < 4.78 is 15.6. The fourth-order valence-electron chi connectivity index (χ4n) is 3.67. The van der Waals surface area contributed by atoms with E-state index >= 15 is 0 Å². The van der Waals surface area contributed by atoms with Gasteiger partial charge in [0.1, 0.15) is 6.33 Å². The van der Waals surface area contributed by atoms with Gasteiger partial charge in [0.05, 0.1) is 17.6 Å². The number of anilines is 3. The molecule has 0 atom stereocenters. The van der Waals surface area contributed by atoms with E-state index in [1.54, 1.807) is 29.2 Å². The molecule has 146 valence electrons. The Morgan fingerprint density at radius 2 is 2.07 bits per heavy atom. The Balaban J connectivity index is 1.46. The van der Waals surface area contributed by atoms with Crippen LogP contribution >= 0.6 is 0 Å². The normalized spacial score (nSPS) is 13.6. The maximum absolute atomic E-state index is 13.9. The molecule has 4 aromatic rings. The summed E-state index contributed by atoms with van der Waals surface area (Å²) in [6.45, 7) is 5.59. The molecule has 0 saturated heterocycles. The van der Waals surface area contributed by atoms with E-state index in [-0.39, 0.29) is 0 Å². The molecule has 0 aliphatic carbocycles. The molecule has 0 saturated carbocycles. The van der Waals surface area contributed by atoms with E-state index in [0.717, 1.165) is 52.5 Å². The number of rotatable bonds is 3. The van der Waals surface area contributed by atoms with Gasteiger partial charge in [-0.1, -0.05) is 0 Å². The number of nitrogens with one attached hydrogen (secondary N) is 1. The van der Waals surface area contributed by atoms with Crippen molar-refractivity contribution in [3.63, 3.8) is 0 Å². The van der Waals surface area contributed by atoms with Crippen LogP contribution in [0.3, 0.4) is 0 Å². The highest BCUT2D eigenvalue weighted by atomic mass is 19.1. The topological polar surface area (TPSA) is 84.1 Å². The molecule has 29 heavy (non-hydrogen) atoms. The van der Waals surface area contributed by atoms with Crippen molar-refractivity contribution >= 4 is 22.8 Å². The van der Waals surface area contributed by atoms with Gasteiger partial charge in [0.25, 0.3) is 0 Å². The number of hydrogen-bond donors (Lipinski definition) is 1. The van der Waals surface area contributed by atoms with Gasteiger partial charge in [0.15, 0.2) is 11.5 Å². The van der Waals surface area contributed by atoms with Crippen molar-refractivity contribution in [1.29, 1.82) is 0 Å². The van der Waals surface area contributed by atoms with E-state index in [1.165, 1.54) is 6.20 Å². The lowest BCUT2D eigenvalue weighted by atomic mass is 10.0. The Hall–Kier alpha value is -3.62. The molecule has 1 aliphatic rings. The van der Waals surface area contributed by atoms with E-state index in [9.17, 15) is 4.39 Å². The largest absolute Gasteiger partial charge is 0.351 e. The predicted molar refractivity (Wildman–Crippen MR) is 107 cm³/mol. The zero-order valence-electron chi connectivity index (χ0n) is 16.1. The van der Waals surface area contributed by atoms with Crippen molar-refractivity contribution in [2.45, 2.75) is 26.8 Å². The Bertz CT molecular complexity index is 1220. The second-order valence-electron chi connectivity index (χ2n) is 7.14. The molecule has 0 radical (unpaired) electrons. The summed E-state index contributed by atoms with van der Waals surface area (Å²) in [6.07, 6.45) is 5.59.